The van der Waals surface area contributed by atoms with E-state index in [4.69, 9.17) is 0 Å². The second-order valence-electron chi connectivity index (χ2n) is 22.0. The SMILES string of the molecule is CCCCCCCCCCC/C=C\C/C=C\CCCCCCCCCCCCCCCCCC(=O)NC(CO)C(O)C(O)CCCCCCCCCCCCCCCCCCCCCCCCCC. The van der Waals surface area contributed by atoms with Crippen molar-refractivity contribution in [3.8, 4) is 0 Å². The topological polar surface area (TPSA) is 89.8 Å². The van der Waals surface area contributed by atoms with Gasteiger partial charge in [-0.05, 0) is 44.9 Å². The minimum absolute atomic E-state index is 0.138. The summed E-state index contributed by atoms with van der Waals surface area (Å²) < 4.78 is 0. The molecular weight excluding hydrogens is 847 g/mol. The minimum Gasteiger partial charge on any atom is -0.394 e. The molecule has 0 saturated heterocycles. The van der Waals surface area contributed by atoms with Crippen LogP contribution in [0, 0.1) is 0 Å². The first-order chi connectivity index (χ1) is 34.1. The molecule has 410 valence electrons. The maximum absolute atomic E-state index is 12.6. The van der Waals surface area contributed by atoms with Crippen LogP contribution in [0.3, 0.4) is 0 Å². The fourth-order valence-electron chi connectivity index (χ4n) is 10.2. The van der Waals surface area contributed by atoms with Crippen molar-refractivity contribution in [2.24, 2.45) is 0 Å². The third-order valence-corrected chi connectivity index (χ3v) is 15.1. The molecule has 0 spiro atoms. The summed E-state index contributed by atoms with van der Waals surface area (Å²) in [5, 5.41) is 33.9. The highest BCUT2D eigenvalue weighted by Gasteiger charge is 2.26. The molecule has 0 rings (SSSR count). The van der Waals surface area contributed by atoms with Gasteiger partial charge in [0.2, 0.25) is 5.91 Å². The lowest BCUT2D eigenvalue weighted by Gasteiger charge is -2.26. The van der Waals surface area contributed by atoms with Crippen molar-refractivity contribution in [1.82, 2.24) is 5.32 Å². The van der Waals surface area contributed by atoms with E-state index in [1.807, 2.05) is 0 Å². The minimum atomic E-state index is -1.14. The van der Waals surface area contributed by atoms with E-state index in [1.54, 1.807) is 0 Å². The molecule has 0 aliphatic carbocycles. The van der Waals surface area contributed by atoms with Gasteiger partial charge in [-0.3, -0.25) is 4.79 Å². The third-order valence-electron chi connectivity index (χ3n) is 15.1. The lowest BCUT2D eigenvalue weighted by Crippen LogP contribution is -2.50. The van der Waals surface area contributed by atoms with Crippen molar-refractivity contribution in [2.45, 2.75) is 372 Å². The molecule has 0 heterocycles. The fraction of sp³-hybridized carbons (Fsp3) is 0.922. The molecule has 3 atom stereocenters. The van der Waals surface area contributed by atoms with Crippen LogP contribution in [0.25, 0.3) is 0 Å². The van der Waals surface area contributed by atoms with E-state index in [2.05, 4.69) is 43.5 Å². The van der Waals surface area contributed by atoms with Crippen LogP contribution in [-0.2, 0) is 4.79 Å². The highest BCUT2D eigenvalue weighted by Crippen LogP contribution is 2.19. The molecule has 0 saturated carbocycles. The van der Waals surface area contributed by atoms with Crippen molar-refractivity contribution >= 4 is 5.91 Å². The van der Waals surface area contributed by atoms with Gasteiger partial charge < -0.3 is 20.6 Å². The standard InChI is InChI=1S/C64H125NO4/c1-3-5-7-9-11-13-15-17-19-21-23-25-27-29-30-31-32-33-34-35-37-39-41-43-45-47-49-51-53-55-57-59-63(68)65-61(60-66)64(69)62(67)58-56-54-52-50-48-46-44-42-40-38-36-28-26-24-22-20-18-16-14-12-10-8-6-4-2/h23,25,29-30,61-62,64,66-67,69H,3-22,24,26-28,31-60H2,1-2H3,(H,65,68)/b25-23-,30-29-. The Balaban J connectivity index is 3.49. The third kappa shape index (κ3) is 54.4. The first-order valence-corrected chi connectivity index (χ1v) is 31.6. The average Bonchev–Trinajstić information content (AvgIpc) is 3.35. The summed E-state index contributed by atoms with van der Waals surface area (Å²) in [5.74, 6) is -0.138. The molecule has 3 unspecified atom stereocenters. The number of carbonyl (C=O) groups is 1. The summed E-state index contributed by atoms with van der Waals surface area (Å²) >= 11 is 0. The van der Waals surface area contributed by atoms with Gasteiger partial charge in [-0.15, -0.1) is 0 Å². The van der Waals surface area contributed by atoms with Gasteiger partial charge in [-0.1, -0.05) is 327 Å². The molecule has 0 aliphatic heterocycles. The normalized spacial score (nSPS) is 13.3. The molecule has 5 heteroatoms. The monoisotopic (exact) mass is 972 g/mol. The molecule has 0 bridgehead atoms. The van der Waals surface area contributed by atoms with Crippen LogP contribution in [-0.4, -0.2) is 46.1 Å². The first kappa shape index (κ1) is 67.8. The molecule has 0 aromatic heterocycles. The number of hydrogen-bond donors (Lipinski definition) is 4. The molecule has 0 aromatic rings. The van der Waals surface area contributed by atoms with Gasteiger partial charge in [0.05, 0.1) is 18.8 Å². The van der Waals surface area contributed by atoms with Crippen LogP contribution in [0.1, 0.15) is 354 Å². The van der Waals surface area contributed by atoms with Crippen LogP contribution in [0.15, 0.2) is 24.3 Å². The summed E-state index contributed by atoms with van der Waals surface area (Å²) in [4.78, 5) is 12.6. The number of carbonyl (C=O) groups excluding carboxylic acids is 1. The van der Waals surface area contributed by atoms with Gasteiger partial charge in [0.15, 0.2) is 0 Å². The number of allylic oxidation sites excluding steroid dienone is 4. The Hall–Kier alpha value is -1.17. The van der Waals surface area contributed by atoms with Crippen molar-refractivity contribution < 1.29 is 20.1 Å². The predicted molar refractivity (Wildman–Crippen MR) is 305 cm³/mol. The number of aliphatic hydroxyl groups is 3. The fourth-order valence-corrected chi connectivity index (χ4v) is 10.2. The number of aliphatic hydroxyl groups excluding tert-OH is 3. The highest BCUT2D eigenvalue weighted by atomic mass is 16.3. The Labute approximate surface area is 432 Å². The number of rotatable bonds is 59. The maximum Gasteiger partial charge on any atom is 0.220 e. The van der Waals surface area contributed by atoms with Crippen molar-refractivity contribution in [3.63, 3.8) is 0 Å². The van der Waals surface area contributed by atoms with Crippen LogP contribution in [0.5, 0.6) is 0 Å². The van der Waals surface area contributed by atoms with Gasteiger partial charge >= 0.3 is 0 Å². The second kappa shape index (κ2) is 59.4. The van der Waals surface area contributed by atoms with Crippen LogP contribution in [0.4, 0.5) is 0 Å². The van der Waals surface area contributed by atoms with E-state index in [0.29, 0.717) is 12.8 Å². The Morgan fingerprint density at radius 2 is 0.623 bits per heavy atom. The average molecular weight is 973 g/mol. The maximum atomic E-state index is 12.6. The van der Waals surface area contributed by atoms with Crippen LogP contribution in [0.2, 0.25) is 0 Å². The van der Waals surface area contributed by atoms with Crippen molar-refractivity contribution in [1.29, 1.82) is 0 Å². The molecule has 0 radical (unpaired) electrons. The van der Waals surface area contributed by atoms with Gasteiger partial charge in [0, 0.05) is 6.42 Å². The largest absolute Gasteiger partial charge is 0.394 e. The van der Waals surface area contributed by atoms with Gasteiger partial charge in [-0.25, -0.2) is 0 Å². The Morgan fingerprint density at radius 1 is 0.362 bits per heavy atom. The molecule has 5 nitrogen and oxygen atoms in total. The molecule has 4 N–H and O–H groups in total. The number of amides is 1. The summed E-state index contributed by atoms with van der Waals surface area (Å²) in [6.07, 6.45) is 76.4. The summed E-state index contributed by atoms with van der Waals surface area (Å²) in [7, 11) is 0. The highest BCUT2D eigenvalue weighted by molar-refractivity contribution is 5.76. The quantitative estimate of drug-likeness (QED) is 0.0361. The Kier molecular flexibility index (Phi) is 58.4. The molecule has 1 amide bonds. The lowest BCUT2D eigenvalue weighted by molar-refractivity contribution is -0.124. The van der Waals surface area contributed by atoms with E-state index in [0.717, 1.165) is 38.5 Å². The van der Waals surface area contributed by atoms with Crippen LogP contribution < -0.4 is 5.32 Å². The van der Waals surface area contributed by atoms with Gasteiger partial charge in [0.1, 0.15) is 6.10 Å². The first-order valence-electron chi connectivity index (χ1n) is 31.6. The Morgan fingerprint density at radius 3 is 0.913 bits per heavy atom. The molecule has 0 fully saturated rings. The molecule has 69 heavy (non-hydrogen) atoms. The van der Waals surface area contributed by atoms with Crippen LogP contribution >= 0.6 is 0 Å². The number of unbranched alkanes of at least 4 members (excludes halogenated alkanes) is 47. The zero-order valence-corrected chi connectivity index (χ0v) is 47.0. The van der Waals surface area contributed by atoms with Crippen molar-refractivity contribution in [3.05, 3.63) is 24.3 Å². The van der Waals surface area contributed by atoms with Gasteiger partial charge in [-0.2, -0.15) is 0 Å². The van der Waals surface area contributed by atoms with E-state index in [1.165, 1.54) is 289 Å². The second-order valence-corrected chi connectivity index (χ2v) is 22.0. The predicted octanol–water partition coefficient (Wildman–Crippen LogP) is 20.0. The molecule has 0 aliphatic rings. The zero-order chi connectivity index (χ0) is 50.0. The smallest absolute Gasteiger partial charge is 0.220 e. The van der Waals surface area contributed by atoms with Crippen molar-refractivity contribution in [2.75, 3.05) is 6.61 Å². The number of hydrogen-bond acceptors (Lipinski definition) is 4. The summed E-state index contributed by atoms with van der Waals surface area (Å²) in [6.45, 7) is 4.22. The van der Waals surface area contributed by atoms with E-state index < -0.39 is 18.2 Å². The van der Waals surface area contributed by atoms with Gasteiger partial charge in [0.25, 0.3) is 0 Å². The Bertz CT molecular complexity index is 1030. The number of nitrogens with one attached hydrogen (secondary N) is 1. The molecular formula is C64H125NO4. The zero-order valence-electron chi connectivity index (χ0n) is 47.0. The van der Waals surface area contributed by atoms with E-state index in [9.17, 15) is 20.1 Å². The van der Waals surface area contributed by atoms with E-state index in [-0.39, 0.29) is 12.5 Å². The lowest BCUT2D eigenvalue weighted by atomic mass is 9.99. The summed E-state index contributed by atoms with van der Waals surface area (Å²) in [6, 6.07) is -0.809. The van der Waals surface area contributed by atoms with E-state index >= 15 is 0 Å². The summed E-state index contributed by atoms with van der Waals surface area (Å²) in [5.41, 5.74) is 0. The molecule has 0 aromatic carbocycles.